The third kappa shape index (κ3) is 4.19. The quantitative estimate of drug-likeness (QED) is 0.698. The first-order chi connectivity index (χ1) is 8.49. The van der Waals surface area contributed by atoms with Crippen LogP contribution >= 0.6 is 0 Å². The van der Waals surface area contributed by atoms with Crippen LogP contribution in [0.3, 0.4) is 0 Å². The number of ether oxygens (including phenoxy) is 1. The molecule has 0 bridgehead atoms. The maximum Gasteiger partial charge on any atom is 0.208 e. The van der Waals surface area contributed by atoms with E-state index >= 15 is 0 Å². The fraction of sp³-hybridized carbons (Fsp3) is 1.00. The van der Waals surface area contributed by atoms with Gasteiger partial charge in [-0.05, 0) is 45.1 Å². The van der Waals surface area contributed by atoms with Crippen molar-refractivity contribution in [1.82, 2.24) is 10.0 Å². The lowest BCUT2D eigenvalue weighted by molar-refractivity contribution is -0.135. The molecule has 0 aromatic heterocycles. The van der Waals surface area contributed by atoms with E-state index in [2.05, 4.69) is 10.0 Å². The van der Waals surface area contributed by atoms with E-state index in [1.165, 1.54) is 25.5 Å². The molecule has 1 aliphatic heterocycles. The maximum absolute atomic E-state index is 10.9. The summed E-state index contributed by atoms with van der Waals surface area (Å²) >= 11 is 0. The summed E-state index contributed by atoms with van der Waals surface area (Å²) in [5.41, 5.74) is 0.181. The van der Waals surface area contributed by atoms with E-state index in [0.717, 1.165) is 32.4 Å². The molecule has 0 radical (unpaired) electrons. The Morgan fingerprint density at radius 3 is 2.72 bits per heavy atom. The molecule has 18 heavy (non-hydrogen) atoms. The van der Waals surface area contributed by atoms with Crippen molar-refractivity contribution in [2.75, 3.05) is 26.0 Å². The highest BCUT2D eigenvalue weighted by Gasteiger charge is 2.42. The topological polar surface area (TPSA) is 67.4 Å². The van der Waals surface area contributed by atoms with Gasteiger partial charge in [0.15, 0.2) is 0 Å². The molecule has 2 fully saturated rings. The van der Waals surface area contributed by atoms with Gasteiger partial charge in [-0.2, -0.15) is 0 Å². The molecule has 0 aromatic rings. The summed E-state index contributed by atoms with van der Waals surface area (Å²) in [6.07, 6.45) is 7.93. The van der Waals surface area contributed by atoms with Crippen LogP contribution in [-0.2, 0) is 14.8 Å². The zero-order valence-corrected chi connectivity index (χ0v) is 11.9. The average molecular weight is 276 g/mol. The molecule has 0 aromatic carbocycles. The lowest BCUT2D eigenvalue weighted by Crippen LogP contribution is -2.51. The molecule has 1 unspecified atom stereocenters. The second-order valence-electron chi connectivity index (χ2n) is 5.55. The number of nitrogens with one attached hydrogen (secondary N) is 2. The highest BCUT2D eigenvalue weighted by atomic mass is 32.2. The summed E-state index contributed by atoms with van der Waals surface area (Å²) in [7, 11) is -3.04. The normalized spacial score (nSPS) is 27.1. The number of hydrogen-bond donors (Lipinski definition) is 2. The monoisotopic (exact) mass is 276 g/mol. The van der Waals surface area contributed by atoms with Crippen molar-refractivity contribution in [1.29, 1.82) is 0 Å². The Bertz CT molecular complexity index is 366. The first-order valence-corrected chi connectivity index (χ1v) is 8.70. The van der Waals surface area contributed by atoms with Gasteiger partial charge in [0.2, 0.25) is 10.0 Å². The van der Waals surface area contributed by atoms with Crippen molar-refractivity contribution in [3.05, 3.63) is 0 Å². The largest absolute Gasteiger partial charge is 0.375 e. The summed E-state index contributed by atoms with van der Waals surface area (Å²) in [5, 5.41) is 3.52. The molecule has 1 saturated heterocycles. The molecule has 2 aliphatic rings. The van der Waals surface area contributed by atoms with E-state index in [1.54, 1.807) is 0 Å². The number of rotatable bonds is 6. The van der Waals surface area contributed by atoms with Gasteiger partial charge in [-0.1, -0.05) is 0 Å². The van der Waals surface area contributed by atoms with Crippen LogP contribution in [0.1, 0.15) is 38.5 Å². The van der Waals surface area contributed by atoms with Gasteiger partial charge in [-0.25, -0.2) is 13.1 Å². The SMILES string of the molecule is CS(=O)(=O)NCCCNC1CCOC2(CCC2)C1. The van der Waals surface area contributed by atoms with E-state index in [4.69, 9.17) is 4.74 Å². The van der Waals surface area contributed by atoms with Gasteiger partial charge < -0.3 is 10.1 Å². The third-order valence-electron chi connectivity index (χ3n) is 3.91. The molecular formula is C12H24N2O3S. The van der Waals surface area contributed by atoms with Crippen molar-refractivity contribution in [3.8, 4) is 0 Å². The van der Waals surface area contributed by atoms with Gasteiger partial charge in [0, 0.05) is 19.2 Å². The average Bonchev–Trinajstić information content (AvgIpc) is 2.25. The molecule has 2 rings (SSSR count). The van der Waals surface area contributed by atoms with Gasteiger partial charge in [0.1, 0.15) is 0 Å². The molecule has 1 spiro atoms. The zero-order chi connectivity index (χ0) is 13.1. The van der Waals surface area contributed by atoms with Gasteiger partial charge in [-0.3, -0.25) is 0 Å². The summed E-state index contributed by atoms with van der Waals surface area (Å²) in [6.45, 7) is 2.24. The lowest BCUT2D eigenvalue weighted by Gasteiger charge is -2.47. The first-order valence-electron chi connectivity index (χ1n) is 6.81. The van der Waals surface area contributed by atoms with E-state index < -0.39 is 10.0 Å². The molecule has 6 heteroatoms. The third-order valence-corrected chi connectivity index (χ3v) is 4.64. The Balaban J connectivity index is 1.59. The van der Waals surface area contributed by atoms with Gasteiger partial charge in [0.05, 0.1) is 11.9 Å². The minimum Gasteiger partial charge on any atom is -0.375 e. The zero-order valence-electron chi connectivity index (χ0n) is 11.1. The van der Waals surface area contributed by atoms with Crippen LogP contribution in [0.25, 0.3) is 0 Å². The highest BCUT2D eigenvalue weighted by molar-refractivity contribution is 7.88. The van der Waals surface area contributed by atoms with Crippen molar-refractivity contribution in [3.63, 3.8) is 0 Å². The standard InChI is InChI=1S/C12H24N2O3S/c1-18(15,16)14-8-3-7-13-11-4-9-17-12(10-11)5-2-6-12/h11,13-14H,2-10H2,1H3. The second kappa shape index (κ2) is 5.86. The van der Waals surface area contributed by atoms with Crippen LogP contribution in [0.5, 0.6) is 0 Å². The number of hydrogen-bond acceptors (Lipinski definition) is 4. The Kier molecular flexibility index (Phi) is 4.64. The Morgan fingerprint density at radius 1 is 1.33 bits per heavy atom. The smallest absolute Gasteiger partial charge is 0.208 e. The second-order valence-corrected chi connectivity index (χ2v) is 7.38. The summed E-state index contributed by atoms with van der Waals surface area (Å²) < 4.78 is 30.1. The first kappa shape index (κ1) is 14.2. The maximum atomic E-state index is 10.9. The minimum atomic E-state index is -3.04. The van der Waals surface area contributed by atoms with E-state index in [1.807, 2.05) is 0 Å². The molecule has 1 aliphatic carbocycles. The molecule has 1 atom stereocenters. The predicted octanol–water partition coefficient (Wildman–Crippen LogP) is 0.617. The van der Waals surface area contributed by atoms with Crippen LogP contribution in [0, 0.1) is 0 Å². The van der Waals surface area contributed by atoms with E-state index in [9.17, 15) is 8.42 Å². The van der Waals surface area contributed by atoms with Crippen molar-refractivity contribution >= 4 is 10.0 Å². The van der Waals surface area contributed by atoms with Crippen LogP contribution in [0.2, 0.25) is 0 Å². The summed E-state index contributed by atoms with van der Waals surface area (Å²) in [5.74, 6) is 0. The van der Waals surface area contributed by atoms with Crippen molar-refractivity contribution in [2.45, 2.75) is 50.2 Å². The summed E-state index contributed by atoms with van der Waals surface area (Å²) in [4.78, 5) is 0. The molecule has 1 heterocycles. The molecule has 2 N–H and O–H groups in total. The van der Waals surface area contributed by atoms with Gasteiger partial charge >= 0.3 is 0 Å². The number of sulfonamides is 1. The van der Waals surface area contributed by atoms with Crippen LogP contribution in [0.4, 0.5) is 0 Å². The van der Waals surface area contributed by atoms with Gasteiger partial charge in [0.25, 0.3) is 0 Å². The van der Waals surface area contributed by atoms with Crippen molar-refractivity contribution < 1.29 is 13.2 Å². The van der Waals surface area contributed by atoms with Crippen molar-refractivity contribution in [2.24, 2.45) is 0 Å². The predicted molar refractivity (Wildman–Crippen MR) is 71.0 cm³/mol. The molecule has 1 saturated carbocycles. The summed E-state index contributed by atoms with van der Waals surface area (Å²) in [6, 6.07) is 0.539. The minimum absolute atomic E-state index is 0.181. The van der Waals surface area contributed by atoms with Gasteiger partial charge in [-0.15, -0.1) is 0 Å². The fourth-order valence-corrected chi connectivity index (χ4v) is 3.29. The van der Waals surface area contributed by atoms with E-state index in [0.29, 0.717) is 12.6 Å². The lowest BCUT2D eigenvalue weighted by atomic mass is 9.74. The highest BCUT2D eigenvalue weighted by Crippen LogP contribution is 2.42. The molecule has 5 nitrogen and oxygen atoms in total. The molecule has 0 amide bonds. The molecular weight excluding hydrogens is 252 g/mol. The Labute approximate surface area is 110 Å². The Morgan fingerprint density at radius 2 is 2.11 bits per heavy atom. The van der Waals surface area contributed by atoms with Crippen LogP contribution < -0.4 is 10.0 Å². The fourth-order valence-electron chi connectivity index (χ4n) is 2.77. The van der Waals surface area contributed by atoms with E-state index in [-0.39, 0.29) is 5.60 Å². The Hall–Kier alpha value is -0.170. The molecule has 106 valence electrons. The van der Waals surface area contributed by atoms with Crippen LogP contribution in [-0.4, -0.2) is 46.0 Å². The van der Waals surface area contributed by atoms with Crippen LogP contribution in [0.15, 0.2) is 0 Å².